The van der Waals surface area contributed by atoms with Crippen LogP contribution < -0.4 is 0 Å². The van der Waals surface area contributed by atoms with E-state index in [1.807, 2.05) is 0 Å². The molecule has 0 heterocycles. The van der Waals surface area contributed by atoms with Gasteiger partial charge in [0, 0.05) is 5.41 Å². The highest BCUT2D eigenvalue weighted by Crippen LogP contribution is 2.48. The number of benzene rings is 2. The molecule has 5 rings (SSSR count). The van der Waals surface area contributed by atoms with Crippen molar-refractivity contribution < 1.29 is 0 Å². The van der Waals surface area contributed by atoms with Crippen LogP contribution in [0.5, 0.6) is 0 Å². The predicted molar refractivity (Wildman–Crippen MR) is 144 cm³/mol. The molecule has 0 amide bonds. The molecule has 0 aromatic heterocycles. The van der Waals surface area contributed by atoms with Gasteiger partial charge in [-0.1, -0.05) is 102 Å². The summed E-state index contributed by atoms with van der Waals surface area (Å²) in [6.07, 6.45) is 15.2. The average molecular weight is 439 g/mol. The Morgan fingerprint density at radius 1 is 0.576 bits per heavy atom. The zero-order chi connectivity index (χ0) is 23.4. The Morgan fingerprint density at radius 3 is 1.42 bits per heavy atom. The average Bonchev–Trinajstić information content (AvgIpc) is 2.98. The van der Waals surface area contributed by atoms with Gasteiger partial charge in [-0.2, -0.15) is 0 Å². The van der Waals surface area contributed by atoms with E-state index < -0.39 is 0 Å². The van der Waals surface area contributed by atoms with E-state index in [9.17, 15) is 0 Å². The Labute approximate surface area is 202 Å². The maximum Gasteiger partial charge on any atom is 0.0203 e. The fourth-order valence-electron chi connectivity index (χ4n) is 7.33. The SMILES string of the molecule is CC1=CC(C)(C)Cc2cc(C3(c4ccc5c(c4)CC(C)(C)C=C5C)CCCCCC3)ccc21. The Kier molecular flexibility index (Phi) is 5.50. The van der Waals surface area contributed by atoms with Gasteiger partial charge in [0.25, 0.3) is 0 Å². The molecule has 0 nitrogen and oxygen atoms in total. The zero-order valence-electron chi connectivity index (χ0n) is 21.8. The van der Waals surface area contributed by atoms with Gasteiger partial charge in [-0.3, -0.25) is 0 Å². The van der Waals surface area contributed by atoms with Crippen LogP contribution >= 0.6 is 0 Å². The Bertz CT molecular complexity index is 1040. The summed E-state index contributed by atoms with van der Waals surface area (Å²) in [5, 5.41) is 0. The molecule has 33 heavy (non-hydrogen) atoms. The molecule has 3 aliphatic rings. The van der Waals surface area contributed by atoms with Crippen LogP contribution in [-0.4, -0.2) is 0 Å². The van der Waals surface area contributed by atoms with Crippen LogP contribution in [-0.2, 0) is 18.3 Å². The van der Waals surface area contributed by atoms with Crippen LogP contribution in [0.25, 0.3) is 11.1 Å². The van der Waals surface area contributed by atoms with Crippen LogP contribution in [0.3, 0.4) is 0 Å². The highest BCUT2D eigenvalue weighted by atomic mass is 14.4. The summed E-state index contributed by atoms with van der Waals surface area (Å²) >= 11 is 0. The molecule has 3 aliphatic carbocycles. The maximum absolute atomic E-state index is 2.60. The van der Waals surface area contributed by atoms with Gasteiger partial charge in [0.1, 0.15) is 0 Å². The molecule has 0 radical (unpaired) electrons. The van der Waals surface area contributed by atoms with Gasteiger partial charge in [0.2, 0.25) is 0 Å². The molecule has 1 fully saturated rings. The van der Waals surface area contributed by atoms with Gasteiger partial charge >= 0.3 is 0 Å². The molecule has 0 bridgehead atoms. The molecule has 2 aromatic rings. The molecule has 0 aliphatic heterocycles. The Balaban J connectivity index is 1.65. The van der Waals surface area contributed by atoms with E-state index in [0.29, 0.717) is 0 Å². The third kappa shape index (κ3) is 4.16. The highest BCUT2D eigenvalue weighted by molar-refractivity contribution is 5.72. The van der Waals surface area contributed by atoms with Gasteiger partial charge in [-0.15, -0.1) is 0 Å². The second-order valence-corrected chi connectivity index (χ2v) is 12.7. The van der Waals surface area contributed by atoms with E-state index in [2.05, 4.69) is 90.1 Å². The van der Waals surface area contributed by atoms with Crippen molar-refractivity contribution in [1.82, 2.24) is 0 Å². The molecule has 0 heteroatoms. The number of rotatable bonds is 2. The van der Waals surface area contributed by atoms with E-state index in [-0.39, 0.29) is 16.2 Å². The molecule has 0 N–H and O–H groups in total. The lowest BCUT2D eigenvalue weighted by atomic mass is 9.66. The summed E-state index contributed by atoms with van der Waals surface area (Å²) in [5.74, 6) is 0. The molecule has 0 atom stereocenters. The second kappa shape index (κ2) is 8.00. The smallest absolute Gasteiger partial charge is 0.0203 e. The van der Waals surface area contributed by atoms with Crippen molar-refractivity contribution in [3.63, 3.8) is 0 Å². The molecule has 0 unspecified atom stereocenters. The first kappa shape index (κ1) is 22.7. The van der Waals surface area contributed by atoms with E-state index in [4.69, 9.17) is 0 Å². The summed E-state index contributed by atoms with van der Waals surface area (Å²) in [5.41, 5.74) is 12.7. The molecule has 0 spiro atoms. The first-order chi connectivity index (χ1) is 15.6. The summed E-state index contributed by atoms with van der Waals surface area (Å²) in [7, 11) is 0. The van der Waals surface area contributed by atoms with Crippen LogP contribution in [0.2, 0.25) is 0 Å². The lowest BCUT2D eigenvalue weighted by Gasteiger charge is -2.38. The summed E-state index contributed by atoms with van der Waals surface area (Å²) in [4.78, 5) is 0. The van der Waals surface area contributed by atoms with Crippen molar-refractivity contribution in [3.05, 3.63) is 81.9 Å². The minimum atomic E-state index is 0.152. The first-order valence-electron chi connectivity index (χ1n) is 13.3. The van der Waals surface area contributed by atoms with Crippen LogP contribution in [0.1, 0.15) is 113 Å². The van der Waals surface area contributed by atoms with Crippen molar-refractivity contribution in [2.75, 3.05) is 0 Å². The fourth-order valence-corrected chi connectivity index (χ4v) is 7.33. The standard InChI is InChI=1S/C33H42/c1-23-19-31(3,4)21-25-17-27(11-13-29(23)25)33(15-9-7-8-10-16-33)28-12-14-30-24(2)20-32(5,6)22-26(30)18-28/h11-14,17-20H,7-10,15-16,21-22H2,1-6H3. The van der Waals surface area contributed by atoms with Crippen molar-refractivity contribution in [1.29, 1.82) is 0 Å². The number of hydrogen-bond donors (Lipinski definition) is 0. The van der Waals surface area contributed by atoms with E-state index >= 15 is 0 Å². The summed E-state index contributed by atoms with van der Waals surface area (Å²) in [6, 6.07) is 15.0. The predicted octanol–water partition coefficient (Wildman–Crippen LogP) is 9.30. The Hall–Kier alpha value is -2.08. The quantitative estimate of drug-likeness (QED) is 0.410. The second-order valence-electron chi connectivity index (χ2n) is 12.7. The van der Waals surface area contributed by atoms with Gasteiger partial charge < -0.3 is 0 Å². The summed E-state index contributed by atoms with van der Waals surface area (Å²) in [6.45, 7) is 14.1. The molecular weight excluding hydrogens is 396 g/mol. The van der Waals surface area contributed by atoms with Crippen molar-refractivity contribution in [2.45, 2.75) is 98.3 Å². The van der Waals surface area contributed by atoms with Gasteiger partial charge in [-0.05, 0) is 94.9 Å². The van der Waals surface area contributed by atoms with E-state index in [1.165, 1.54) is 60.8 Å². The van der Waals surface area contributed by atoms with E-state index in [1.54, 1.807) is 22.3 Å². The zero-order valence-corrected chi connectivity index (χ0v) is 21.8. The molecular formula is C33H42. The highest BCUT2D eigenvalue weighted by Gasteiger charge is 2.37. The maximum atomic E-state index is 2.60. The van der Waals surface area contributed by atoms with E-state index in [0.717, 1.165) is 12.8 Å². The van der Waals surface area contributed by atoms with Crippen molar-refractivity contribution in [2.24, 2.45) is 10.8 Å². The van der Waals surface area contributed by atoms with Crippen LogP contribution in [0.4, 0.5) is 0 Å². The third-order valence-corrected chi connectivity index (χ3v) is 8.63. The lowest BCUT2D eigenvalue weighted by molar-refractivity contribution is 0.438. The normalized spacial score (nSPS) is 23.0. The number of fused-ring (bicyclic) bond motifs is 2. The molecule has 0 saturated heterocycles. The summed E-state index contributed by atoms with van der Waals surface area (Å²) < 4.78 is 0. The third-order valence-electron chi connectivity index (χ3n) is 8.63. The largest absolute Gasteiger partial charge is 0.0750 e. The van der Waals surface area contributed by atoms with Gasteiger partial charge in [-0.25, -0.2) is 0 Å². The number of hydrogen-bond acceptors (Lipinski definition) is 0. The monoisotopic (exact) mass is 438 g/mol. The fraction of sp³-hybridized carbons (Fsp3) is 0.515. The first-order valence-corrected chi connectivity index (χ1v) is 13.3. The van der Waals surface area contributed by atoms with Gasteiger partial charge in [0.05, 0.1) is 0 Å². The minimum Gasteiger partial charge on any atom is -0.0750 e. The molecule has 1 saturated carbocycles. The van der Waals surface area contributed by atoms with Crippen molar-refractivity contribution >= 4 is 11.1 Å². The lowest BCUT2D eigenvalue weighted by Crippen LogP contribution is -2.29. The molecule has 174 valence electrons. The topological polar surface area (TPSA) is 0 Å². The van der Waals surface area contributed by atoms with Crippen LogP contribution in [0.15, 0.2) is 48.6 Å². The Morgan fingerprint density at radius 2 is 1.00 bits per heavy atom. The van der Waals surface area contributed by atoms with Crippen molar-refractivity contribution in [3.8, 4) is 0 Å². The minimum absolute atomic E-state index is 0.152. The van der Waals surface area contributed by atoms with Crippen LogP contribution in [0, 0.1) is 10.8 Å². The number of allylic oxidation sites excluding steroid dienone is 4. The van der Waals surface area contributed by atoms with Gasteiger partial charge in [0.15, 0.2) is 0 Å². The molecule has 2 aromatic carbocycles.